The van der Waals surface area contributed by atoms with Gasteiger partial charge in [0.05, 0.1) is 5.69 Å². The molecule has 4 aromatic rings. The van der Waals surface area contributed by atoms with Crippen molar-refractivity contribution in [1.29, 1.82) is 0 Å². The van der Waals surface area contributed by atoms with Gasteiger partial charge in [0.15, 0.2) is 0 Å². The molecule has 0 unspecified atom stereocenters. The summed E-state index contributed by atoms with van der Waals surface area (Å²) in [6.07, 6.45) is 0. The van der Waals surface area contributed by atoms with Crippen LogP contribution >= 0.6 is 11.6 Å². The van der Waals surface area contributed by atoms with E-state index in [0.29, 0.717) is 22.4 Å². The van der Waals surface area contributed by atoms with Crippen LogP contribution in [0.3, 0.4) is 0 Å². The Balaban J connectivity index is 1.61. The molecule has 0 aliphatic heterocycles. The molecule has 0 fully saturated rings. The molecule has 2 heterocycles. The number of aromatic nitrogens is 4. The quantitative estimate of drug-likeness (QED) is 0.537. The Morgan fingerprint density at radius 2 is 1.67 bits per heavy atom. The number of benzene rings is 2. The van der Waals surface area contributed by atoms with Crippen LogP contribution in [0.4, 0.5) is 0 Å². The van der Waals surface area contributed by atoms with E-state index in [2.05, 4.69) is 15.2 Å². The van der Waals surface area contributed by atoms with Gasteiger partial charge in [-0.25, -0.2) is 4.68 Å². The molecule has 0 radical (unpaired) electrons. The Labute approximate surface area is 160 Å². The van der Waals surface area contributed by atoms with E-state index in [-0.39, 0.29) is 12.1 Å². The lowest BCUT2D eigenvalue weighted by Crippen LogP contribution is -2.23. The Kier molecular flexibility index (Phi) is 4.56. The van der Waals surface area contributed by atoms with Gasteiger partial charge in [0.1, 0.15) is 6.54 Å². The fourth-order valence-electron chi connectivity index (χ4n) is 2.60. The maximum absolute atomic E-state index is 12.2. The summed E-state index contributed by atoms with van der Waals surface area (Å²) in [6.45, 7) is 2.12. The van der Waals surface area contributed by atoms with Crippen LogP contribution in [0.5, 0.6) is 0 Å². The molecule has 0 N–H and O–H groups in total. The zero-order chi connectivity index (χ0) is 18.8. The van der Waals surface area contributed by atoms with Crippen LogP contribution < -0.4 is 5.56 Å². The van der Waals surface area contributed by atoms with E-state index in [1.165, 1.54) is 10.7 Å². The zero-order valence-corrected chi connectivity index (χ0v) is 15.2. The van der Waals surface area contributed by atoms with Crippen molar-refractivity contribution >= 4 is 11.6 Å². The third kappa shape index (κ3) is 3.80. The molecule has 134 valence electrons. The summed E-state index contributed by atoms with van der Waals surface area (Å²) in [4.78, 5) is 16.5. The van der Waals surface area contributed by atoms with Gasteiger partial charge < -0.3 is 4.52 Å². The van der Waals surface area contributed by atoms with Crippen LogP contribution in [0.25, 0.3) is 22.6 Å². The van der Waals surface area contributed by atoms with E-state index in [1.807, 2.05) is 31.2 Å². The van der Waals surface area contributed by atoms with Crippen LogP contribution in [0, 0.1) is 6.92 Å². The topological polar surface area (TPSA) is 73.8 Å². The summed E-state index contributed by atoms with van der Waals surface area (Å²) in [5, 5.41) is 9.01. The van der Waals surface area contributed by atoms with Crippen LogP contribution in [-0.2, 0) is 6.54 Å². The molecule has 7 heteroatoms. The van der Waals surface area contributed by atoms with E-state index in [4.69, 9.17) is 16.1 Å². The molecule has 0 saturated carbocycles. The van der Waals surface area contributed by atoms with Crippen molar-refractivity contribution in [3.8, 4) is 22.6 Å². The third-order valence-corrected chi connectivity index (χ3v) is 4.32. The highest BCUT2D eigenvalue weighted by atomic mass is 35.5. The van der Waals surface area contributed by atoms with Gasteiger partial charge in [0, 0.05) is 22.2 Å². The molecule has 6 nitrogen and oxygen atoms in total. The van der Waals surface area contributed by atoms with Gasteiger partial charge in [-0.15, -0.1) is 0 Å². The summed E-state index contributed by atoms with van der Waals surface area (Å²) in [6, 6.07) is 18.3. The predicted octanol–water partition coefficient (Wildman–Crippen LogP) is 3.97. The molecule has 0 aliphatic rings. The lowest BCUT2D eigenvalue weighted by Gasteiger charge is -2.05. The van der Waals surface area contributed by atoms with Crippen molar-refractivity contribution in [2.45, 2.75) is 13.5 Å². The van der Waals surface area contributed by atoms with E-state index in [0.717, 1.165) is 16.7 Å². The molecule has 4 rings (SSSR count). The molecule has 0 bridgehead atoms. The first-order chi connectivity index (χ1) is 13.1. The van der Waals surface area contributed by atoms with E-state index < -0.39 is 0 Å². The minimum Gasteiger partial charge on any atom is -0.337 e. The molecule has 2 aromatic carbocycles. The second-order valence-corrected chi connectivity index (χ2v) is 6.54. The van der Waals surface area contributed by atoms with Crippen LogP contribution in [-0.4, -0.2) is 19.9 Å². The monoisotopic (exact) mass is 378 g/mol. The number of hydrogen-bond acceptors (Lipinski definition) is 5. The first kappa shape index (κ1) is 17.2. The van der Waals surface area contributed by atoms with Gasteiger partial charge in [-0.2, -0.15) is 10.1 Å². The normalized spacial score (nSPS) is 10.9. The summed E-state index contributed by atoms with van der Waals surface area (Å²) in [7, 11) is 0. The number of hydrogen-bond donors (Lipinski definition) is 0. The molecule has 0 amide bonds. The smallest absolute Gasteiger partial charge is 0.267 e. The first-order valence-corrected chi connectivity index (χ1v) is 8.70. The Hall–Kier alpha value is -3.25. The SMILES string of the molecule is Cc1ccc(-c2ccc(=O)n(Cc3nc(-c4ccc(Cl)cc4)no3)n2)cc1. The fourth-order valence-corrected chi connectivity index (χ4v) is 2.73. The molecule has 2 aromatic heterocycles. The van der Waals surface area contributed by atoms with E-state index in [9.17, 15) is 4.79 Å². The molecule has 0 spiro atoms. The van der Waals surface area contributed by atoms with Gasteiger partial charge in [0.2, 0.25) is 11.7 Å². The van der Waals surface area contributed by atoms with Crippen LogP contribution in [0.15, 0.2) is 70.0 Å². The second kappa shape index (κ2) is 7.17. The third-order valence-electron chi connectivity index (χ3n) is 4.07. The van der Waals surface area contributed by atoms with Gasteiger partial charge in [-0.3, -0.25) is 4.79 Å². The Morgan fingerprint density at radius 1 is 0.963 bits per heavy atom. The summed E-state index contributed by atoms with van der Waals surface area (Å²) >= 11 is 5.89. The average molecular weight is 379 g/mol. The molecule has 0 aliphatic carbocycles. The Bertz CT molecular complexity index is 1130. The summed E-state index contributed by atoms with van der Waals surface area (Å²) < 4.78 is 6.59. The Morgan fingerprint density at radius 3 is 2.41 bits per heavy atom. The lowest BCUT2D eigenvalue weighted by atomic mass is 10.1. The van der Waals surface area contributed by atoms with Crippen molar-refractivity contribution in [2.75, 3.05) is 0 Å². The minimum atomic E-state index is -0.239. The lowest BCUT2D eigenvalue weighted by molar-refractivity contribution is 0.363. The van der Waals surface area contributed by atoms with Crippen LogP contribution in [0.2, 0.25) is 5.02 Å². The van der Waals surface area contributed by atoms with Crippen molar-refractivity contribution in [2.24, 2.45) is 0 Å². The van der Waals surface area contributed by atoms with Gasteiger partial charge in [-0.05, 0) is 37.3 Å². The predicted molar refractivity (Wildman–Crippen MR) is 103 cm³/mol. The van der Waals surface area contributed by atoms with Gasteiger partial charge >= 0.3 is 0 Å². The molecule has 0 saturated heterocycles. The fraction of sp³-hybridized carbons (Fsp3) is 0.100. The zero-order valence-electron chi connectivity index (χ0n) is 14.5. The molecular weight excluding hydrogens is 364 g/mol. The van der Waals surface area contributed by atoms with Crippen molar-refractivity contribution in [1.82, 2.24) is 19.9 Å². The average Bonchev–Trinajstić information content (AvgIpc) is 3.13. The van der Waals surface area contributed by atoms with Crippen LogP contribution in [0.1, 0.15) is 11.5 Å². The number of rotatable bonds is 4. The molecular formula is C20H15ClN4O2. The number of aryl methyl sites for hydroxylation is 1. The van der Waals surface area contributed by atoms with Crippen molar-refractivity contribution < 1.29 is 4.52 Å². The number of halogens is 1. The van der Waals surface area contributed by atoms with E-state index in [1.54, 1.807) is 30.3 Å². The highest BCUT2D eigenvalue weighted by Crippen LogP contribution is 2.19. The van der Waals surface area contributed by atoms with Crippen molar-refractivity contribution in [3.63, 3.8) is 0 Å². The minimum absolute atomic E-state index is 0.0964. The van der Waals surface area contributed by atoms with Gasteiger partial charge in [-0.1, -0.05) is 46.6 Å². The summed E-state index contributed by atoms with van der Waals surface area (Å²) in [5.74, 6) is 0.736. The molecule has 27 heavy (non-hydrogen) atoms. The maximum Gasteiger partial charge on any atom is 0.267 e. The summed E-state index contributed by atoms with van der Waals surface area (Å²) in [5.41, 5.74) is 3.33. The van der Waals surface area contributed by atoms with Crippen molar-refractivity contribution in [3.05, 3.63) is 87.5 Å². The maximum atomic E-state index is 12.2. The highest BCUT2D eigenvalue weighted by Gasteiger charge is 2.11. The van der Waals surface area contributed by atoms with E-state index >= 15 is 0 Å². The largest absolute Gasteiger partial charge is 0.337 e. The molecule has 0 atom stereocenters. The first-order valence-electron chi connectivity index (χ1n) is 8.32. The van der Waals surface area contributed by atoms with Gasteiger partial charge in [0.25, 0.3) is 5.56 Å². The standard InChI is InChI=1S/C20H15ClN4O2/c1-13-2-4-14(5-3-13)17-10-11-19(26)25(23-17)12-18-22-20(24-27-18)15-6-8-16(21)9-7-15/h2-11H,12H2,1H3. The second-order valence-electron chi connectivity index (χ2n) is 6.10. The highest BCUT2D eigenvalue weighted by molar-refractivity contribution is 6.30. The number of nitrogens with zero attached hydrogens (tertiary/aromatic N) is 4.